The quantitative estimate of drug-likeness (QED) is 0.0797. The Kier molecular flexibility index (Phi) is 20.6. The van der Waals surface area contributed by atoms with Gasteiger partial charge in [0, 0.05) is 90.0 Å². The van der Waals surface area contributed by atoms with Crippen molar-refractivity contribution in [2.24, 2.45) is 0 Å². The lowest BCUT2D eigenvalue weighted by Gasteiger charge is -2.34. The number of fused-ring (bicyclic) bond motifs is 19. The number of para-hydroxylation sites is 4. The maximum Gasteiger partial charge on any atom is 0.146 e. The molecule has 24 aromatic rings. The Morgan fingerprint density at radius 1 is 0.170 bits per heavy atom. The average Bonchev–Trinajstić information content (AvgIpc) is 1.50. The molecular formula is C135H91N5O. The number of pyridine rings is 1. The van der Waals surface area contributed by atoms with Crippen LogP contribution in [0.2, 0.25) is 0 Å². The molecule has 0 fully saturated rings. The molecule has 0 radical (unpaired) electrons. The maximum absolute atomic E-state index is 6.32. The molecule has 3 aliphatic rings. The first-order valence-electron chi connectivity index (χ1n) is 48.4. The van der Waals surface area contributed by atoms with Gasteiger partial charge in [-0.25, -0.2) is 4.98 Å². The Balaban J connectivity index is 0.000000147. The van der Waals surface area contributed by atoms with Gasteiger partial charge in [-0.05, 0) is 262 Å². The van der Waals surface area contributed by atoms with Crippen molar-refractivity contribution < 1.29 is 4.42 Å². The van der Waals surface area contributed by atoms with E-state index in [1.54, 1.807) is 0 Å². The molecule has 0 saturated carbocycles. The van der Waals surface area contributed by atoms with E-state index in [1.165, 1.54) is 94.4 Å². The summed E-state index contributed by atoms with van der Waals surface area (Å²) in [4.78, 5) is 14.9. The average molecular weight is 1800 g/mol. The van der Waals surface area contributed by atoms with E-state index < -0.39 is 10.8 Å². The number of hydrogen-bond acceptors (Lipinski definition) is 6. The molecule has 2 heterocycles. The van der Waals surface area contributed by atoms with Crippen molar-refractivity contribution in [3.8, 4) is 77.9 Å². The molecule has 3 aliphatic carbocycles. The first-order chi connectivity index (χ1) is 69.9. The van der Waals surface area contributed by atoms with Crippen molar-refractivity contribution in [3.63, 3.8) is 0 Å². The molecule has 6 nitrogen and oxygen atoms in total. The van der Waals surface area contributed by atoms with E-state index in [0.717, 1.165) is 140 Å². The first-order valence-corrected chi connectivity index (χ1v) is 48.4. The Labute approximate surface area is 820 Å². The smallest absolute Gasteiger partial charge is 0.146 e. The van der Waals surface area contributed by atoms with Gasteiger partial charge in [0.05, 0.1) is 22.0 Å². The zero-order valence-electron chi connectivity index (χ0n) is 77.2. The molecule has 662 valence electrons. The number of benzene rings is 22. The molecule has 27 rings (SSSR count). The van der Waals surface area contributed by atoms with Crippen LogP contribution >= 0.6 is 0 Å². The molecule has 141 heavy (non-hydrogen) atoms. The van der Waals surface area contributed by atoms with Crippen molar-refractivity contribution in [2.75, 3.05) is 19.6 Å². The molecule has 0 unspecified atom stereocenters. The van der Waals surface area contributed by atoms with E-state index in [1.807, 2.05) is 12.1 Å². The summed E-state index contributed by atoms with van der Waals surface area (Å²) in [7, 11) is 0. The molecule has 22 aromatic carbocycles. The summed E-state index contributed by atoms with van der Waals surface area (Å²) in [5, 5.41) is 5.65. The second-order valence-electron chi connectivity index (χ2n) is 36.7. The molecule has 6 heteroatoms. The van der Waals surface area contributed by atoms with Gasteiger partial charge in [0.15, 0.2) is 0 Å². The fourth-order valence-corrected chi connectivity index (χ4v) is 22.8. The zero-order chi connectivity index (χ0) is 93.3. The van der Waals surface area contributed by atoms with E-state index in [4.69, 9.17) is 9.40 Å². The van der Waals surface area contributed by atoms with Crippen molar-refractivity contribution in [1.82, 2.24) is 4.98 Å². The second kappa shape index (κ2) is 35.0. The normalized spacial score (nSPS) is 12.5. The molecule has 0 N–H and O–H groups in total. The van der Waals surface area contributed by atoms with Crippen LogP contribution in [0.4, 0.5) is 68.4 Å². The summed E-state index contributed by atoms with van der Waals surface area (Å²) in [6, 6.07) is 200. The van der Waals surface area contributed by atoms with Gasteiger partial charge in [0.2, 0.25) is 0 Å². The molecule has 0 aliphatic heterocycles. The topological polar surface area (TPSA) is 39.0 Å². The second-order valence-corrected chi connectivity index (χ2v) is 36.7. The molecule has 1 spiro atoms. The Morgan fingerprint density at radius 2 is 0.496 bits per heavy atom. The third-order valence-corrected chi connectivity index (χ3v) is 29.0. The largest absolute Gasteiger partial charge is 0.456 e. The Morgan fingerprint density at radius 3 is 1.01 bits per heavy atom. The van der Waals surface area contributed by atoms with E-state index in [2.05, 4.69) is 560 Å². The van der Waals surface area contributed by atoms with Crippen LogP contribution < -0.4 is 19.6 Å². The van der Waals surface area contributed by atoms with Crippen LogP contribution in [0.3, 0.4) is 0 Å². The Hall–Kier alpha value is -18.5. The van der Waals surface area contributed by atoms with E-state index in [0.29, 0.717) is 0 Å². The summed E-state index contributed by atoms with van der Waals surface area (Å²) in [5.41, 5.74) is 40.9. The van der Waals surface area contributed by atoms with Gasteiger partial charge >= 0.3 is 0 Å². The fourth-order valence-electron chi connectivity index (χ4n) is 22.8. The SMILES string of the molecule is c1ccc(-c2cccc(N(c3ccc(-c4ccc(N(c5cccc(-c6ccccc6)c5)c5nc6ccccc6c6ccccc56)cc4)cc3)c3cccc4c3-c3ccccc3C4(c3ccccc3)c3ccccc3)c2)cc1.c1ccc(N(c2ccc(-c3ccc(N(c4ccccc4)c4ccc5c(c4)oc4ccccc45)cc3)cc2)c2ccc3c(c2)C2(c4ccccc4-c4ccccc42)c2ccccc2-3)cc1. The number of aromatic nitrogens is 1. The highest BCUT2D eigenvalue weighted by Crippen LogP contribution is 2.65. The van der Waals surface area contributed by atoms with Gasteiger partial charge in [-0.1, -0.05) is 406 Å². The standard InChI is InChI=1S/C74H51N3.C61H40N2O/c1-5-22-52(23-6-1)56-26-19-32-62(50-56)76(71-41-21-39-69-72(71)67-37-15-17-38-68(67)74(69,58-28-9-3-10-29-58)59-30-11-4-12-31-59)60-46-42-54(43-47-60)55-44-48-61(49-45-55)77(63-33-20-27-57(51-63)53-24-7-2-8-25-53)73-66-36-14-13-34-64(66)65-35-16-18-40-70(65)75-73;1-3-15-43(16-4-1)62(47-35-37-52-51-21-9-13-25-57(51)61(58(52)39-47)55-23-11-7-19-49(55)50-20-8-12-24-56(50)61)45-31-27-41(28-32-45)42-29-33-46(34-30-42)63(44-17-5-2-6-18-44)48-36-38-54-53-22-10-14-26-59(53)64-60(54)40-48/h1-51H;1-40H. The minimum atomic E-state index is -0.532. The number of hydrogen-bond donors (Lipinski definition) is 0. The Bertz CT molecular complexity index is 8730. The molecule has 0 amide bonds. The summed E-state index contributed by atoms with van der Waals surface area (Å²) >= 11 is 0. The van der Waals surface area contributed by atoms with Gasteiger partial charge in [0.1, 0.15) is 17.0 Å². The van der Waals surface area contributed by atoms with Gasteiger partial charge in [0.25, 0.3) is 0 Å². The number of anilines is 12. The minimum Gasteiger partial charge on any atom is -0.456 e. The highest BCUT2D eigenvalue weighted by Gasteiger charge is 2.52. The van der Waals surface area contributed by atoms with Crippen LogP contribution in [0.1, 0.15) is 44.5 Å². The first kappa shape index (κ1) is 83.1. The third-order valence-electron chi connectivity index (χ3n) is 29.0. The lowest BCUT2D eigenvalue weighted by atomic mass is 9.68. The highest BCUT2D eigenvalue weighted by atomic mass is 16.3. The van der Waals surface area contributed by atoms with Crippen LogP contribution in [-0.4, -0.2) is 4.98 Å². The van der Waals surface area contributed by atoms with Gasteiger partial charge in [-0.2, -0.15) is 0 Å². The molecule has 0 bridgehead atoms. The molecule has 0 atom stereocenters. The zero-order valence-corrected chi connectivity index (χ0v) is 77.2. The van der Waals surface area contributed by atoms with Crippen LogP contribution in [-0.2, 0) is 10.8 Å². The van der Waals surface area contributed by atoms with Gasteiger partial charge < -0.3 is 19.1 Å². The summed E-state index contributed by atoms with van der Waals surface area (Å²) in [6.45, 7) is 0. The minimum absolute atomic E-state index is 0.413. The van der Waals surface area contributed by atoms with Crippen molar-refractivity contribution in [1.29, 1.82) is 0 Å². The monoisotopic (exact) mass is 1800 g/mol. The van der Waals surface area contributed by atoms with Crippen LogP contribution in [0, 0.1) is 0 Å². The molecular weight excluding hydrogens is 1710 g/mol. The van der Waals surface area contributed by atoms with E-state index in [-0.39, 0.29) is 0 Å². The maximum atomic E-state index is 6.32. The van der Waals surface area contributed by atoms with Crippen LogP contribution in [0.25, 0.3) is 122 Å². The van der Waals surface area contributed by atoms with Gasteiger partial charge in [-0.3, -0.25) is 4.90 Å². The number of furan rings is 1. The number of nitrogens with zero attached hydrogens (tertiary/aromatic N) is 5. The summed E-state index contributed by atoms with van der Waals surface area (Å²) in [6.07, 6.45) is 0. The summed E-state index contributed by atoms with van der Waals surface area (Å²) in [5.74, 6) is 0.887. The molecule has 2 aromatic heterocycles. The van der Waals surface area contributed by atoms with Crippen LogP contribution in [0.15, 0.2) is 556 Å². The highest BCUT2D eigenvalue weighted by molar-refractivity contribution is 6.12. The molecule has 0 saturated heterocycles. The predicted molar refractivity (Wildman–Crippen MR) is 587 cm³/mol. The van der Waals surface area contributed by atoms with Gasteiger partial charge in [-0.15, -0.1) is 0 Å². The summed E-state index contributed by atoms with van der Waals surface area (Å²) < 4.78 is 6.32. The number of rotatable bonds is 18. The van der Waals surface area contributed by atoms with Crippen molar-refractivity contribution in [3.05, 3.63) is 597 Å². The fraction of sp³-hybridized carbons (Fsp3) is 0.0148. The van der Waals surface area contributed by atoms with Crippen molar-refractivity contribution >= 4 is 112 Å². The van der Waals surface area contributed by atoms with Crippen molar-refractivity contribution in [2.45, 2.75) is 10.8 Å². The third kappa shape index (κ3) is 14.1. The lowest BCUT2D eigenvalue weighted by Crippen LogP contribution is -2.28. The van der Waals surface area contributed by atoms with Crippen LogP contribution in [0.5, 0.6) is 0 Å². The van der Waals surface area contributed by atoms with E-state index >= 15 is 0 Å². The predicted octanol–water partition coefficient (Wildman–Crippen LogP) is 36.2. The van der Waals surface area contributed by atoms with E-state index in [9.17, 15) is 0 Å². The lowest BCUT2D eigenvalue weighted by molar-refractivity contribution is 0.669.